The number of anilines is 2. The van der Waals surface area contributed by atoms with Crippen LogP contribution < -0.4 is 16.0 Å². The van der Waals surface area contributed by atoms with Crippen LogP contribution in [-0.2, 0) is 14.4 Å². The molecule has 1 saturated carbocycles. The van der Waals surface area contributed by atoms with E-state index in [-0.39, 0.29) is 43.1 Å². The Kier molecular flexibility index (Phi) is 7.79. The minimum absolute atomic E-state index is 0.0826. The highest BCUT2D eigenvalue weighted by Gasteiger charge is 2.18. The molecule has 27 heavy (non-hydrogen) atoms. The third-order valence-corrected chi connectivity index (χ3v) is 4.48. The smallest absolute Gasteiger partial charge is 0.238 e. The molecule has 0 heterocycles. The van der Waals surface area contributed by atoms with Gasteiger partial charge >= 0.3 is 0 Å². The first-order valence-electron chi connectivity index (χ1n) is 9.48. The molecule has 148 valence electrons. The Balaban J connectivity index is 1.88. The molecule has 0 aliphatic heterocycles. The summed E-state index contributed by atoms with van der Waals surface area (Å²) in [5, 5.41) is 8.61. The zero-order chi connectivity index (χ0) is 19.8. The summed E-state index contributed by atoms with van der Waals surface area (Å²) in [5.41, 5.74) is 2.06. The summed E-state index contributed by atoms with van der Waals surface area (Å²) in [4.78, 5) is 38.0. The molecular weight excluding hydrogens is 344 g/mol. The van der Waals surface area contributed by atoms with Crippen LogP contribution in [-0.4, -0.2) is 49.3 Å². The van der Waals surface area contributed by atoms with E-state index in [0.717, 1.165) is 31.2 Å². The predicted molar refractivity (Wildman–Crippen MR) is 107 cm³/mol. The van der Waals surface area contributed by atoms with Crippen LogP contribution in [0.1, 0.15) is 44.1 Å². The number of carbonyl (C=O) groups excluding carboxylic acids is 3. The molecule has 1 fully saturated rings. The van der Waals surface area contributed by atoms with Gasteiger partial charge in [0, 0.05) is 18.9 Å². The van der Waals surface area contributed by atoms with E-state index in [2.05, 4.69) is 16.0 Å². The van der Waals surface area contributed by atoms with Gasteiger partial charge < -0.3 is 20.9 Å². The van der Waals surface area contributed by atoms with E-state index in [0.29, 0.717) is 11.4 Å². The van der Waals surface area contributed by atoms with E-state index < -0.39 is 0 Å². The Labute approximate surface area is 160 Å². The quantitative estimate of drug-likeness (QED) is 0.651. The van der Waals surface area contributed by atoms with Gasteiger partial charge in [-0.05, 0) is 51.6 Å². The Morgan fingerprint density at radius 2 is 1.59 bits per heavy atom. The fourth-order valence-electron chi connectivity index (χ4n) is 3.16. The van der Waals surface area contributed by atoms with E-state index in [1.54, 1.807) is 11.0 Å². The van der Waals surface area contributed by atoms with Gasteiger partial charge in [0.15, 0.2) is 0 Å². The molecule has 1 aromatic carbocycles. The first kappa shape index (κ1) is 20.9. The molecule has 0 bridgehead atoms. The zero-order valence-corrected chi connectivity index (χ0v) is 16.4. The van der Waals surface area contributed by atoms with Crippen LogP contribution in [0.4, 0.5) is 11.4 Å². The maximum absolute atomic E-state index is 12.3. The largest absolute Gasteiger partial charge is 0.353 e. The molecule has 0 spiro atoms. The second-order valence-electron chi connectivity index (χ2n) is 7.43. The lowest BCUT2D eigenvalue weighted by atomic mass is 10.1. The summed E-state index contributed by atoms with van der Waals surface area (Å²) in [6, 6.07) is 5.71. The Morgan fingerprint density at radius 1 is 0.963 bits per heavy atom. The van der Waals surface area contributed by atoms with Gasteiger partial charge in [-0.25, -0.2) is 0 Å². The Hall–Kier alpha value is -2.41. The topological polar surface area (TPSA) is 90.5 Å². The monoisotopic (exact) mass is 374 g/mol. The minimum atomic E-state index is -0.245. The zero-order valence-electron chi connectivity index (χ0n) is 16.4. The van der Waals surface area contributed by atoms with Gasteiger partial charge in [-0.3, -0.25) is 14.4 Å². The molecule has 7 heteroatoms. The Morgan fingerprint density at radius 3 is 2.26 bits per heavy atom. The van der Waals surface area contributed by atoms with E-state index in [4.69, 9.17) is 0 Å². The van der Waals surface area contributed by atoms with Crippen LogP contribution in [0.5, 0.6) is 0 Å². The first-order chi connectivity index (χ1) is 12.8. The second-order valence-corrected chi connectivity index (χ2v) is 7.43. The number of carbonyl (C=O) groups is 3. The highest BCUT2D eigenvalue weighted by Crippen LogP contribution is 2.23. The van der Waals surface area contributed by atoms with Gasteiger partial charge in [0.05, 0.1) is 17.9 Å². The normalized spacial score (nSPS) is 14.2. The standard InChI is InChI=1S/C20H30N4O3/c1-14-8-9-16(22-20(27)13-24(2)3)17(12-14)23-19(26)11-10-18(25)21-15-6-4-5-7-15/h8-9,12,15H,4-7,10-11,13H2,1-3H3,(H,21,25)(H,22,27)(H,23,26). The third kappa shape index (κ3) is 7.38. The molecule has 7 nitrogen and oxygen atoms in total. The molecule has 0 unspecified atom stereocenters. The maximum Gasteiger partial charge on any atom is 0.238 e. The van der Waals surface area contributed by atoms with Gasteiger partial charge in [-0.2, -0.15) is 0 Å². The fraction of sp³-hybridized carbons (Fsp3) is 0.550. The number of nitrogens with one attached hydrogen (secondary N) is 3. The first-order valence-corrected chi connectivity index (χ1v) is 9.48. The number of hydrogen-bond acceptors (Lipinski definition) is 4. The van der Waals surface area contributed by atoms with Gasteiger partial charge in [0.1, 0.15) is 0 Å². The van der Waals surface area contributed by atoms with Crippen LogP contribution in [0, 0.1) is 6.92 Å². The van der Waals surface area contributed by atoms with Crippen molar-refractivity contribution in [2.45, 2.75) is 51.5 Å². The lowest BCUT2D eigenvalue weighted by molar-refractivity contribution is -0.124. The summed E-state index contributed by atoms with van der Waals surface area (Å²) >= 11 is 0. The summed E-state index contributed by atoms with van der Waals surface area (Å²) in [5.74, 6) is -0.485. The molecule has 3 N–H and O–H groups in total. The summed E-state index contributed by atoms with van der Waals surface area (Å²) < 4.78 is 0. The highest BCUT2D eigenvalue weighted by molar-refractivity contribution is 6.00. The van der Waals surface area contributed by atoms with E-state index in [1.807, 2.05) is 33.2 Å². The van der Waals surface area contributed by atoms with Crippen molar-refractivity contribution in [3.8, 4) is 0 Å². The Bertz CT molecular complexity index is 682. The van der Waals surface area contributed by atoms with Gasteiger partial charge in [-0.15, -0.1) is 0 Å². The molecule has 2 rings (SSSR count). The van der Waals surface area contributed by atoms with Crippen LogP contribution in [0.25, 0.3) is 0 Å². The molecule has 1 aromatic rings. The van der Waals surface area contributed by atoms with Crippen molar-refractivity contribution in [2.75, 3.05) is 31.3 Å². The lowest BCUT2D eigenvalue weighted by Crippen LogP contribution is -2.33. The number of likely N-dealkylation sites (N-methyl/N-ethyl adjacent to an activating group) is 1. The van der Waals surface area contributed by atoms with Crippen molar-refractivity contribution in [3.05, 3.63) is 23.8 Å². The van der Waals surface area contributed by atoms with Crippen molar-refractivity contribution in [1.29, 1.82) is 0 Å². The molecule has 0 saturated heterocycles. The minimum Gasteiger partial charge on any atom is -0.353 e. The van der Waals surface area contributed by atoms with Crippen LogP contribution in [0.3, 0.4) is 0 Å². The van der Waals surface area contributed by atoms with E-state index in [9.17, 15) is 14.4 Å². The van der Waals surface area contributed by atoms with Gasteiger partial charge in [0.2, 0.25) is 17.7 Å². The SMILES string of the molecule is Cc1ccc(NC(=O)CN(C)C)c(NC(=O)CCC(=O)NC2CCCC2)c1. The van der Waals surface area contributed by atoms with Crippen molar-refractivity contribution in [1.82, 2.24) is 10.2 Å². The van der Waals surface area contributed by atoms with Crippen LogP contribution >= 0.6 is 0 Å². The fourth-order valence-corrected chi connectivity index (χ4v) is 3.16. The van der Waals surface area contributed by atoms with Crippen LogP contribution in [0.2, 0.25) is 0 Å². The molecule has 0 radical (unpaired) electrons. The average molecular weight is 374 g/mol. The number of nitrogens with zero attached hydrogens (tertiary/aromatic N) is 1. The maximum atomic E-state index is 12.3. The van der Waals surface area contributed by atoms with Crippen LogP contribution in [0.15, 0.2) is 18.2 Å². The third-order valence-electron chi connectivity index (χ3n) is 4.48. The lowest BCUT2D eigenvalue weighted by Gasteiger charge is -2.15. The number of rotatable bonds is 8. The van der Waals surface area contributed by atoms with Crippen molar-refractivity contribution < 1.29 is 14.4 Å². The van der Waals surface area contributed by atoms with Gasteiger partial charge in [-0.1, -0.05) is 18.9 Å². The number of benzene rings is 1. The summed E-state index contributed by atoms with van der Waals surface area (Å²) in [6.45, 7) is 2.17. The molecular formula is C20H30N4O3. The number of aryl methyl sites for hydroxylation is 1. The molecule has 0 aromatic heterocycles. The summed E-state index contributed by atoms with van der Waals surface area (Å²) in [6.07, 6.45) is 4.63. The van der Waals surface area contributed by atoms with Gasteiger partial charge in [0.25, 0.3) is 0 Å². The highest BCUT2D eigenvalue weighted by atomic mass is 16.2. The molecule has 1 aliphatic rings. The number of amides is 3. The average Bonchev–Trinajstić information content (AvgIpc) is 3.07. The molecule has 1 aliphatic carbocycles. The number of hydrogen-bond donors (Lipinski definition) is 3. The summed E-state index contributed by atoms with van der Waals surface area (Å²) in [7, 11) is 3.63. The van der Waals surface area contributed by atoms with E-state index >= 15 is 0 Å². The van der Waals surface area contributed by atoms with Crippen molar-refractivity contribution in [3.63, 3.8) is 0 Å². The second kappa shape index (κ2) is 10.1. The van der Waals surface area contributed by atoms with Crippen molar-refractivity contribution in [2.24, 2.45) is 0 Å². The molecule has 0 atom stereocenters. The van der Waals surface area contributed by atoms with E-state index in [1.165, 1.54) is 0 Å². The predicted octanol–water partition coefficient (Wildman–Crippen LogP) is 2.27. The van der Waals surface area contributed by atoms with Crippen molar-refractivity contribution >= 4 is 29.1 Å². The molecule has 3 amide bonds.